The lowest BCUT2D eigenvalue weighted by molar-refractivity contribution is -0.124. The van der Waals surface area contributed by atoms with Crippen LogP contribution in [0, 0.1) is 11.8 Å². The van der Waals surface area contributed by atoms with Gasteiger partial charge < -0.3 is 20.5 Å². The Labute approximate surface area is 265 Å². The van der Waals surface area contributed by atoms with Crippen LogP contribution in [0.5, 0.6) is 0 Å². The van der Waals surface area contributed by atoms with E-state index in [1.54, 1.807) is 24.3 Å². The Morgan fingerprint density at radius 1 is 0.978 bits per heavy atom. The number of benzene rings is 2. The standard InChI is InChI=1S/C33H45N5O6S/c1-22(2)16-26(35-33(41)44-21-24-10-6-5-7-11-24)18-38-19-28(29(39)20-38)36-32(40)27(17-23(3)4)37-45(42,43)30-14-8-12-25-13-9-15-34-31(25)30/h5-15,22-23,26-29,37,39H,16-21H2,1-4H3,(H,35,41)(H,36,40)/t26-,27-,28?,29?/m0/s1. The van der Waals surface area contributed by atoms with Crippen molar-refractivity contribution in [3.05, 3.63) is 72.4 Å². The fourth-order valence-electron chi connectivity index (χ4n) is 5.66. The van der Waals surface area contributed by atoms with E-state index in [2.05, 4.69) is 34.2 Å². The van der Waals surface area contributed by atoms with Gasteiger partial charge in [0, 0.05) is 37.3 Å². The topological polar surface area (TPSA) is 150 Å². The summed E-state index contributed by atoms with van der Waals surface area (Å²) in [5.74, 6) is -0.189. The number of aliphatic hydroxyl groups excluding tert-OH is 1. The first-order valence-corrected chi connectivity index (χ1v) is 16.9. The van der Waals surface area contributed by atoms with Crippen molar-refractivity contribution in [2.75, 3.05) is 19.6 Å². The van der Waals surface area contributed by atoms with E-state index >= 15 is 0 Å². The average Bonchev–Trinajstić information content (AvgIpc) is 3.32. The van der Waals surface area contributed by atoms with E-state index in [-0.39, 0.29) is 29.9 Å². The van der Waals surface area contributed by atoms with Gasteiger partial charge in [0.25, 0.3) is 0 Å². The average molecular weight is 640 g/mol. The number of nitrogens with one attached hydrogen (secondary N) is 3. The smallest absolute Gasteiger partial charge is 0.407 e. The molecule has 2 aromatic carbocycles. The minimum Gasteiger partial charge on any atom is -0.445 e. The molecule has 11 nitrogen and oxygen atoms in total. The Balaban J connectivity index is 1.38. The highest BCUT2D eigenvalue weighted by atomic mass is 32.2. The zero-order valence-corrected chi connectivity index (χ0v) is 27.2. The summed E-state index contributed by atoms with van der Waals surface area (Å²) >= 11 is 0. The van der Waals surface area contributed by atoms with Crippen LogP contribution in [-0.2, 0) is 26.2 Å². The predicted octanol–water partition coefficient (Wildman–Crippen LogP) is 3.43. The Morgan fingerprint density at radius 3 is 2.40 bits per heavy atom. The number of fused-ring (bicyclic) bond motifs is 1. The minimum atomic E-state index is -4.09. The number of likely N-dealkylation sites (tertiary alicyclic amines) is 1. The second-order valence-corrected chi connectivity index (χ2v) is 14.3. The molecular formula is C33H45N5O6S. The highest BCUT2D eigenvalue weighted by Gasteiger charge is 2.36. The third-order valence-electron chi connectivity index (χ3n) is 7.67. The first kappa shape index (κ1) is 34.3. The van der Waals surface area contributed by atoms with Gasteiger partial charge in [0.05, 0.1) is 17.7 Å². The van der Waals surface area contributed by atoms with Crippen LogP contribution in [0.3, 0.4) is 0 Å². The van der Waals surface area contributed by atoms with Gasteiger partial charge in [-0.05, 0) is 42.4 Å². The molecule has 45 heavy (non-hydrogen) atoms. The monoisotopic (exact) mass is 639 g/mol. The second-order valence-electron chi connectivity index (χ2n) is 12.6. The number of nitrogens with zero attached hydrogens (tertiary/aromatic N) is 2. The molecule has 2 unspecified atom stereocenters. The number of carbonyl (C=O) groups excluding carboxylic acids is 2. The van der Waals surface area contributed by atoms with Crippen molar-refractivity contribution < 1.29 is 27.9 Å². The third kappa shape index (κ3) is 9.95. The van der Waals surface area contributed by atoms with Crippen molar-refractivity contribution in [1.82, 2.24) is 25.2 Å². The lowest BCUT2D eigenvalue weighted by atomic mass is 10.0. The van der Waals surface area contributed by atoms with Crippen LogP contribution >= 0.6 is 0 Å². The van der Waals surface area contributed by atoms with Crippen LogP contribution in [-0.4, -0.2) is 79.3 Å². The van der Waals surface area contributed by atoms with Gasteiger partial charge in [0.1, 0.15) is 17.5 Å². The van der Waals surface area contributed by atoms with Crippen molar-refractivity contribution in [1.29, 1.82) is 0 Å². The van der Waals surface area contributed by atoms with Gasteiger partial charge in [0.15, 0.2) is 0 Å². The molecule has 1 aromatic heterocycles. The summed E-state index contributed by atoms with van der Waals surface area (Å²) < 4.78 is 35.0. The molecule has 1 saturated heterocycles. The molecule has 0 radical (unpaired) electrons. The van der Waals surface area contributed by atoms with Gasteiger partial charge in [-0.1, -0.05) is 76.2 Å². The summed E-state index contributed by atoms with van der Waals surface area (Å²) in [6, 6.07) is 15.9. The summed E-state index contributed by atoms with van der Waals surface area (Å²) in [4.78, 5) is 32.3. The molecule has 1 aliphatic rings. The van der Waals surface area contributed by atoms with E-state index < -0.39 is 40.2 Å². The molecule has 3 aromatic rings. The number of amides is 2. The molecule has 244 valence electrons. The molecular weight excluding hydrogens is 594 g/mol. The Morgan fingerprint density at radius 2 is 1.69 bits per heavy atom. The highest BCUT2D eigenvalue weighted by molar-refractivity contribution is 7.89. The van der Waals surface area contributed by atoms with Crippen LogP contribution in [0.1, 0.15) is 46.1 Å². The lowest BCUT2D eigenvalue weighted by Gasteiger charge is -2.26. The lowest BCUT2D eigenvalue weighted by Crippen LogP contribution is -2.53. The van der Waals surface area contributed by atoms with E-state index in [1.165, 1.54) is 12.3 Å². The Kier molecular flexibility index (Phi) is 11.9. The van der Waals surface area contributed by atoms with Crippen molar-refractivity contribution in [3.63, 3.8) is 0 Å². The fourth-order valence-corrected chi connectivity index (χ4v) is 7.04. The van der Waals surface area contributed by atoms with Gasteiger partial charge in [-0.3, -0.25) is 14.7 Å². The number of para-hydroxylation sites is 1. The van der Waals surface area contributed by atoms with Crippen LogP contribution in [0.25, 0.3) is 10.9 Å². The third-order valence-corrected chi connectivity index (χ3v) is 9.17. The number of carbonyl (C=O) groups is 2. The van der Waals surface area contributed by atoms with E-state index in [9.17, 15) is 23.1 Å². The second kappa shape index (κ2) is 15.6. The largest absolute Gasteiger partial charge is 0.445 e. The molecule has 1 aliphatic heterocycles. The zero-order valence-electron chi connectivity index (χ0n) is 26.3. The van der Waals surface area contributed by atoms with Crippen molar-refractivity contribution >= 4 is 32.9 Å². The number of rotatable bonds is 14. The van der Waals surface area contributed by atoms with Gasteiger partial charge >= 0.3 is 6.09 Å². The first-order valence-electron chi connectivity index (χ1n) is 15.5. The van der Waals surface area contributed by atoms with E-state index in [1.807, 2.05) is 49.1 Å². The first-order chi connectivity index (χ1) is 21.4. The SMILES string of the molecule is CC(C)C[C@@H](CN1CC(O)C(NC(=O)[C@H](CC(C)C)NS(=O)(=O)c2cccc3cccnc23)C1)NC(=O)OCc1ccccc1. The maximum absolute atomic E-state index is 13.5. The normalized spacial score (nSPS) is 18.6. The molecule has 12 heteroatoms. The number of alkyl carbamates (subject to hydrolysis) is 1. The molecule has 0 aliphatic carbocycles. The summed E-state index contributed by atoms with van der Waals surface area (Å²) in [5, 5.41) is 17.4. The van der Waals surface area contributed by atoms with Crippen LogP contribution in [0.15, 0.2) is 71.8 Å². The number of aliphatic hydroxyl groups is 1. The molecule has 0 saturated carbocycles. The van der Waals surface area contributed by atoms with Crippen LogP contribution in [0.2, 0.25) is 0 Å². The van der Waals surface area contributed by atoms with Gasteiger partial charge in [-0.15, -0.1) is 0 Å². The maximum Gasteiger partial charge on any atom is 0.407 e. The summed E-state index contributed by atoms with van der Waals surface area (Å²) in [5.41, 5.74) is 1.22. The van der Waals surface area contributed by atoms with E-state index in [0.29, 0.717) is 42.9 Å². The van der Waals surface area contributed by atoms with E-state index in [0.717, 1.165) is 5.56 Å². The molecule has 4 N–H and O–H groups in total. The maximum atomic E-state index is 13.5. The van der Waals surface area contributed by atoms with Crippen LogP contribution < -0.4 is 15.4 Å². The minimum absolute atomic E-state index is 0.000205. The van der Waals surface area contributed by atoms with Gasteiger partial charge in [-0.2, -0.15) is 4.72 Å². The van der Waals surface area contributed by atoms with E-state index in [4.69, 9.17) is 4.74 Å². The molecule has 2 amide bonds. The number of β-amino-alcohol motifs (C(OH)–C–C–N with tert-alkyl or cyclic N) is 1. The number of hydrogen-bond donors (Lipinski definition) is 4. The number of sulfonamides is 1. The molecule has 0 spiro atoms. The highest BCUT2D eigenvalue weighted by Crippen LogP contribution is 2.22. The quantitative estimate of drug-likeness (QED) is 0.210. The summed E-state index contributed by atoms with van der Waals surface area (Å²) in [7, 11) is -4.09. The molecule has 4 atom stereocenters. The molecule has 2 heterocycles. The number of pyridine rings is 1. The van der Waals surface area contributed by atoms with Crippen molar-refractivity contribution in [2.45, 2.75) is 76.3 Å². The summed E-state index contributed by atoms with van der Waals surface area (Å²) in [6.07, 6.45) is 1.12. The number of aromatic nitrogens is 1. The molecule has 4 rings (SSSR count). The summed E-state index contributed by atoms with van der Waals surface area (Å²) in [6.45, 7) is 9.21. The van der Waals surface area contributed by atoms with Gasteiger partial charge in [-0.25, -0.2) is 13.2 Å². The van der Waals surface area contributed by atoms with Crippen molar-refractivity contribution in [2.24, 2.45) is 11.8 Å². The van der Waals surface area contributed by atoms with Crippen LogP contribution in [0.4, 0.5) is 4.79 Å². The molecule has 1 fully saturated rings. The van der Waals surface area contributed by atoms with Crippen molar-refractivity contribution in [3.8, 4) is 0 Å². The fraction of sp³-hybridized carbons (Fsp3) is 0.485. The predicted molar refractivity (Wildman–Crippen MR) is 173 cm³/mol. The molecule has 0 bridgehead atoms. The number of hydrogen-bond acceptors (Lipinski definition) is 8. The number of ether oxygens (including phenoxy) is 1. The Bertz CT molecular complexity index is 1530. The zero-order chi connectivity index (χ0) is 32.6. The Hall–Kier alpha value is -3.58. The van der Waals surface area contributed by atoms with Gasteiger partial charge in [0.2, 0.25) is 15.9 Å².